The molecule has 5 rings (SSSR count). The number of carbonyl (C=O) groups is 1. The van der Waals surface area contributed by atoms with Crippen LogP contribution in [0.2, 0.25) is 0 Å². The van der Waals surface area contributed by atoms with Gasteiger partial charge in [-0.1, -0.05) is 42.5 Å². The van der Waals surface area contributed by atoms with Crippen molar-refractivity contribution in [2.75, 3.05) is 6.61 Å². The van der Waals surface area contributed by atoms with Gasteiger partial charge in [-0.3, -0.25) is 4.79 Å². The van der Waals surface area contributed by atoms with Crippen LogP contribution in [-0.2, 0) is 11.2 Å². The highest BCUT2D eigenvalue weighted by Crippen LogP contribution is 2.42. The second kappa shape index (κ2) is 7.77. The smallest absolute Gasteiger partial charge is 0.304 e. The Morgan fingerprint density at radius 1 is 1.06 bits per heavy atom. The van der Waals surface area contributed by atoms with Crippen LogP contribution in [0.3, 0.4) is 0 Å². The molecule has 1 N–H and O–H groups in total. The Bertz CT molecular complexity index is 1140. The van der Waals surface area contributed by atoms with Crippen molar-refractivity contribution < 1.29 is 19.4 Å². The number of hydrogen-bond acceptors (Lipinski definition) is 3. The van der Waals surface area contributed by atoms with Gasteiger partial charge in [-0.05, 0) is 66.1 Å². The molecule has 3 aromatic rings. The molecule has 31 heavy (non-hydrogen) atoms. The van der Waals surface area contributed by atoms with E-state index < -0.39 is 5.97 Å². The minimum atomic E-state index is -0.801. The second-order valence-electron chi connectivity index (χ2n) is 8.63. The Morgan fingerprint density at radius 3 is 2.61 bits per heavy atom. The monoisotopic (exact) mass is 414 g/mol. The van der Waals surface area contributed by atoms with Gasteiger partial charge in [0.2, 0.25) is 0 Å². The summed E-state index contributed by atoms with van der Waals surface area (Å²) in [5, 5.41) is 9.08. The third kappa shape index (κ3) is 3.67. The molecule has 1 aliphatic carbocycles. The fourth-order valence-electron chi connectivity index (χ4n) is 5.00. The van der Waals surface area contributed by atoms with Crippen LogP contribution in [0.4, 0.5) is 0 Å². The summed E-state index contributed by atoms with van der Waals surface area (Å²) in [5.41, 5.74) is 8.74. The molecule has 158 valence electrons. The van der Waals surface area contributed by atoms with E-state index in [-0.39, 0.29) is 18.4 Å². The predicted molar refractivity (Wildman–Crippen MR) is 120 cm³/mol. The van der Waals surface area contributed by atoms with Crippen molar-refractivity contribution in [2.24, 2.45) is 0 Å². The lowest BCUT2D eigenvalue weighted by Gasteiger charge is -2.17. The molecule has 2 aliphatic rings. The zero-order valence-corrected chi connectivity index (χ0v) is 17.9. The molecule has 0 saturated heterocycles. The number of ether oxygens (including phenoxy) is 2. The number of hydrogen-bond donors (Lipinski definition) is 1. The van der Waals surface area contributed by atoms with Crippen molar-refractivity contribution in [1.29, 1.82) is 0 Å². The molecule has 1 aliphatic heterocycles. The summed E-state index contributed by atoms with van der Waals surface area (Å²) in [4.78, 5) is 11.1. The molecule has 0 spiro atoms. The van der Waals surface area contributed by atoms with Crippen molar-refractivity contribution >= 4 is 5.97 Å². The van der Waals surface area contributed by atoms with E-state index in [1.807, 2.05) is 18.2 Å². The van der Waals surface area contributed by atoms with Gasteiger partial charge < -0.3 is 14.6 Å². The number of carboxylic acids is 1. The second-order valence-corrected chi connectivity index (χ2v) is 8.63. The van der Waals surface area contributed by atoms with Gasteiger partial charge in [0, 0.05) is 17.5 Å². The maximum atomic E-state index is 11.1. The molecule has 4 nitrogen and oxygen atoms in total. The summed E-state index contributed by atoms with van der Waals surface area (Å²) in [5.74, 6) is 0.625. The summed E-state index contributed by atoms with van der Waals surface area (Å²) in [6, 6.07) is 19.0. The summed E-state index contributed by atoms with van der Waals surface area (Å²) >= 11 is 0. The van der Waals surface area contributed by atoms with Gasteiger partial charge in [0.25, 0.3) is 0 Å². The van der Waals surface area contributed by atoms with Crippen LogP contribution >= 0.6 is 0 Å². The van der Waals surface area contributed by atoms with Gasteiger partial charge in [-0.25, -0.2) is 0 Å². The molecule has 0 unspecified atom stereocenters. The Hall–Kier alpha value is -3.27. The van der Waals surface area contributed by atoms with E-state index in [1.165, 1.54) is 33.4 Å². The predicted octanol–water partition coefficient (Wildman–Crippen LogP) is 5.99. The van der Waals surface area contributed by atoms with Crippen LogP contribution in [0.1, 0.15) is 52.7 Å². The highest BCUT2D eigenvalue weighted by Gasteiger charge is 2.28. The molecule has 2 atom stereocenters. The van der Waals surface area contributed by atoms with Crippen LogP contribution in [0.15, 0.2) is 54.6 Å². The lowest BCUT2D eigenvalue weighted by atomic mass is 9.93. The quantitative estimate of drug-likeness (QED) is 0.557. The van der Waals surface area contributed by atoms with Gasteiger partial charge in [0.1, 0.15) is 17.6 Å². The molecule has 0 aromatic heterocycles. The van der Waals surface area contributed by atoms with E-state index in [9.17, 15) is 4.79 Å². The third-order valence-electron chi connectivity index (χ3n) is 6.50. The first-order chi connectivity index (χ1) is 15.0. The molecule has 4 heteroatoms. The van der Waals surface area contributed by atoms with Gasteiger partial charge in [-0.2, -0.15) is 0 Å². The molecule has 3 aromatic carbocycles. The van der Waals surface area contributed by atoms with Crippen LogP contribution in [0.5, 0.6) is 11.5 Å². The standard InChI is InChI=1S/C27H26O4/c1-16-4-3-5-17(2)27(16)19-6-9-22-18(12-19)7-11-24(22)31-21-8-10-23-20(13-26(28)29)15-30-25(23)14-21/h3-6,8-10,12,14,20,24H,7,11,13,15H2,1-2H3,(H,28,29)/t20-,24-/m1/s1. The molecular formula is C27H26O4. The van der Waals surface area contributed by atoms with Crippen molar-refractivity contribution in [1.82, 2.24) is 0 Å². The molecule has 1 heterocycles. The fourth-order valence-corrected chi connectivity index (χ4v) is 5.00. The zero-order valence-electron chi connectivity index (χ0n) is 17.9. The van der Waals surface area contributed by atoms with Crippen LogP contribution in [0.25, 0.3) is 11.1 Å². The van der Waals surface area contributed by atoms with Crippen LogP contribution in [0, 0.1) is 13.8 Å². The number of fused-ring (bicyclic) bond motifs is 2. The van der Waals surface area contributed by atoms with E-state index in [0.29, 0.717) is 6.61 Å². The first-order valence-electron chi connectivity index (χ1n) is 10.8. The minimum Gasteiger partial charge on any atom is -0.492 e. The van der Waals surface area contributed by atoms with E-state index in [4.69, 9.17) is 14.6 Å². The van der Waals surface area contributed by atoms with E-state index >= 15 is 0 Å². The van der Waals surface area contributed by atoms with Gasteiger partial charge in [0.05, 0.1) is 13.0 Å². The Kier molecular flexibility index (Phi) is 4.93. The number of carboxylic acid groups (broad SMARTS) is 1. The van der Waals surface area contributed by atoms with Crippen molar-refractivity contribution in [2.45, 2.75) is 45.1 Å². The zero-order chi connectivity index (χ0) is 21.5. The summed E-state index contributed by atoms with van der Waals surface area (Å²) in [6.45, 7) is 4.75. The topological polar surface area (TPSA) is 55.8 Å². The largest absolute Gasteiger partial charge is 0.492 e. The highest BCUT2D eigenvalue weighted by molar-refractivity contribution is 5.72. The summed E-state index contributed by atoms with van der Waals surface area (Å²) < 4.78 is 12.1. The molecule has 0 bridgehead atoms. The minimum absolute atomic E-state index is 0.0243. The fraction of sp³-hybridized carbons (Fsp3) is 0.296. The first-order valence-corrected chi connectivity index (χ1v) is 10.8. The lowest BCUT2D eigenvalue weighted by Crippen LogP contribution is -2.07. The maximum Gasteiger partial charge on any atom is 0.304 e. The molecular weight excluding hydrogens is 388 g/mol. The third-order valence-corrected chi connectivity index (χ3v) is 6.50. The van der Waals surface area contributed by atoms with Gasteiger partial charge in [0.15, 0.2) is 0 Å². The number of benzene rings is 3. The van der Waals surface area contributed by atoms with Crippen molar-refractivity contribution in [3.8, 4) is 22.6 Å². The van der Waals surface area contributed by atoms with Crippen molar-refractivity contribution in [3.63, 3.8) is 0 Å². The lowest BCUT2D eigenvalue weighted by molar-refractivity contribution is -0.137. The normalized spacial score (nSPS) is 18.9. The molecule has 0 amide bonds. The Labute approximate surface area is 182 Å². The summed E-state index contributed by atoms with van der Waals surface area (Å²) in [7, 11) is 0. The number of aryl methyl sites for hydroxylation is 3. The van der Waals surface area contributed by atoms with Gasteiger partial charge in [-0.15, -0.1) is 0 Å². The molecule has 0 fully saturated rings. The Balaban J connectivity index is 1.36. The van der Waals surface area contributed by atoms with Crippen LogP contribution in [-0.4, -0.2) is 17.7 Å². The van der Waals surface area contributed by atoms with E-state index in [1.54, 1.807) is 0 Å². The van der Waals surface area contributed by atoms with Gasteiger partial charge >= 0.3 is 5.97 Å². The molecule has 0 radical (unpaired) electrons. The summed E-state index contributed by atoms with van der Waals surface area (Å²) in [6.07, 6.45) is 2.06. The molecule has 0 saturated carbocycles. The average molecular weight is 415 g/mol. The SMILES string of the molecule is Cc1cccc(C)c1-c1ccc2c(c1)CC[C@H]2Oc1ccc2c(c1)OC[C@H]2CC(=O)O. The van der Waals surface area contributed by atoms with Crippen LogP contribution < -0.4 is 9.47 Å². The average Bonchev–Trinajstić information content (AvgIpc) is 3.31. The first kappa shape index (κ1) is 19.7. The maximum absolute atomic E-state index is 11.1. The number of rotatable bonds is 5. The Morgan fingerprint density at radius 2 is 1.84 bits per heavy atom. The highest BCUT2D eigenvalue weighted by atomic mass is 16.5. The number of aliphatic carboxylic acids is 1. The van der Waals surface area contributed by atoms with Crippen molar-refractivity contribution in [3.05, 3.63) is 82.4 Å². The van der Waals surface area contributed by atoms with E-state index in [2.05, 4.69) is 50.2 Å². The van der Waals surface area contributed by atoms with E-state index in [0.717, 1.165) is 29.9 Å².